The van der Waals surface area contributed by atoms with Crippen LogP contribution in [-0.2, 0) is 4.79 Å². The van der Waals surface area contributed by atoms with Crippen LogP contribution in [0, 0.1) is 5.41 Å². The summed E-state index contributed by atoms with van der Waals surface area (Å²) >= 11 is 1.22. The Morgan fingerprint density at radius 1 is 1.35 bits per heavy atom. The molecule has 1 aromatic rings. The number of hydrogen-bond acceptors (Lipinski definition) is 4. The Hall–Kier alpha value is -1.43. The van der Waals surface area contributed by atoms with Crippen LogP contribution in [0.15, 0.2) is 11.7 Å². The van der Waals surface area contributed by atoms with Crippen LogP contribution in [0.25, 0.3) is 0 Å². The van der Waals surface area contributed by atoms with Crippen molar-refractivity contribution in [2.75, 3.05) is 0 Å². The quantitative estimate of drug-likeness (QED) is 0.860. The van der Waals surface area contributed by atoms with Crippen molar-refractivity contribution in [1.82, 2.24) is 10.3 Å². The Labute approximate surface area is 104 Å². The third kappa shape index (κ3) is 2.63. The van der Waals surface area contributed by atoms with Crippen molar-refractivity contribution in [2.24, 2.45) is 5.41 Å². The number of carbonyl (C=O) groups excluding carboxylic acids is 1. The Balaban J connectivity index is 2.87. The van der Waals surface area contributed by atoms with Gasteiger partial charge in [-0.25, -0.2) is 0 Å². The fourth-order valence-corrected chi connectivity index (χ4v) is 1.61. The SMILES string of the molecule is CC(C)(NC(=O)c1cncs1)C(C)(C)C(=O)O. The minimum atomic E-state index is -1.06. The summed E-state index contributed by atoms with van der Waals surface area (Å²) in [6, 6.07) is 0. The number of carboxylic acids is 1. The standard InChI is InChI=1S/C11H16N2O3S/c1-10(2,9(15)16)11(3,4)13-8(14)7-5-12-6-17-7/h5-6H,1-4H3,(H,13,14)(H,15,16). The van der Waals surface area contributed by atoms with Crippen LogP contribution in [0.1, 0.15) is 37.4 Å². The maximum Gasteiger partial charge on any atom is 0.311 e. The molecule has 0 atom stereocenters. The van der Waals surface area contributed by atoms with Gasteiger partial charge in [0.1, 0.15) is 4.88 Å². The second-order valence-electron chi connectivity index (χ2n) is 4.87. The Bertz CT molecular complexity index is 424. The number of carboxylic acid groups (broad SMARTS) is 1. The lowest BCUT2D eigenvalue weighted by atomic mass is 9.74. The Morgan fingerprint density at radius 2 is 1.94 bits per heavy atom. The van der Waals surface area contributed by atoms with E-state index in [4.69, 9.17) is 5.11 Å². The van der Waals surface area contributed by atoms with Gasteiger partial charge in [0.2, 0.25) is 0 Å². The minimum Gasteiger partial charge on any atom is -0.481 e. The third-order valence-corrected chi connectivity index (χ3v) is 3.95. The first-order valence-electron chi connectivity index (χ1n) is 5.13. The molecule has 17 heavy (non-hydrogen) atoms. The summed E-state index contributed by atoms with van der Waals surface area (Å²) in [6.07, 6.45) is 1.46. The van der Waals surface area contributed by atoms with Gasteiger partial charge in [-0.3, -0.25) is 14.6 Å². The van der Waals surface area contributed by atoms with Gasteiger partial charge in [-0.2, -0.15) is 0 Å². The highest BCUT2D eigenvalue weighted by molar-refractivity contribution is 7.11. The predicted octanol–water partition coefficient (Wildman–Crippen LogP) is 1.76. The van der Waals surface area contributed by atoms with Gasteiger partial charge < -0.3 is 10.4 Å². The van der Waals surface area contributed by atoms with Crippen molar-refractivity contribution in [1.29, 1.82) is 0 Å². The molecule has 0 saturated heterocycles. The van der Waals surface area contributed by atoms with Crippen molar-refractivity contribution < 1.29 is 14.7 Å². The number of rotatable bonds is 4. The number of aromatic nitrogens is 1. The van der Waals surface area contributed by atoms with Crippen molar-refractivity contribution in [3.8, 4) is 0 Å². The maximum atomic E-state index is 11.9. The van der Waals surface area contributed by atoms with E-state index < -0.39 is 16.9 Å². The van der Waals surface area contributed by atoms with Gasteiger partial charge in [-0.1, -0.05) is 0 Å². The third-order valence-electron chi connectivity index (χ3n) is 3.18. The Morgan fingerprint density at radius 3 is 2.35 bits per heavy atom. The molecule has 1 aromatic heterocycles. The molecule has 1 rings (SSSR count). The molecule has 5 nitrogen and oxygen atoms in total. The summed E-state index contributed by atoms with van der Waals surface area (Å²) in [4.78, 5) is 27.3. The highest BCUT2D eigenvalue weighted by atomic mass is 32.1. The summed E-state index contributed by atoms with van der Waals surface area (Å²) < 4.78 is 0. The molecule has 0 aliphatic heterocycles. The van der Waals surface area contributed by atoms with E-state index in [1.165, 1.54) is 17.5 Å². The second-order valence-corrected chi connectivity index (χ2v) is 5.76. The lowest BCUT2D eigenvalue weighted by Gasteiger charge is -2.38. The van der Waals surface area contributed by atoms with E-state index in [-0.39, 0.29) is 5.91 Å². The molecular weight excluding hydrogens is 240 g/mol. The molecule has 1 amide bonds. The molecule has 0 saturated carbocycles. The zero-order valence-electron chi connectivity index (χ0n) is 10.3. The first-order chi connectivity index (χ1) is 7.68. The highest BCUT2D eigenvalue weighted by Gasteiger charge is 2.44. The van der Waals surface area contributed by atoms with Crippen LogP contribution in [0.3, 0.4) is 0 Å². The van der Waals surface area contributed by atoms with E-state index in [0.29, 0.717) is 4.88 Å². The molecule has 6 heteroatoms. The summed E-state index contributed by atoms with van der Waals surface area (Å²) in [5.74, 6) is -1.25. The average molecular weight is 256 g/mol. The number of aliphatic carboxylic acids is 1. The van der Waals surface area contributed by atoms with Crippen LogP contribution >= 0.6 is 11.3 Å². The topological polar surface area (TPSA) is 79.3 Å². The van der Waals surface area contributed by atoms with E-state index >= 15 is 0 Å². The van der Waals surface area contributed by atoms with E-state index in [1.807, 2.05) is 0 Å². The van der Waals surface area contributed by atoms with Gasteiger partial charge in [0, 0.05) is 0 Å². The number of nitrogens with one attached hydrogen (secondary N) is 1. The van der Waals surface area contributed by atoms with Crippen LogP contribution in [-0.4, -0.2) is 27.5 Å². The maximum absolute atomic E-state index is 11.9. The van der Waals surface area contributed by atoms with Crippen LogP contribution in [0.4, 0.5) is 0 Å². The zero-order valence-corrected chi connectivity index (χ0v) is 11.1. The number of carbonyl (C=O) groups is 2. The lowest BCUT2D eigenvalue weighted by molar-refractivity contribution is -0.150. The molecule has 0 aliphatic carbocycles. The normalized spacial score (nSPS) is 12.2. The molecule has 0 spiro atoms. The fraction of sp³-hybridized carbons (Fsp3) is 0.545. The zero-order chi connectivity index (χ0) is 13.3. The predicted molar refractivity (Wildman–Crippen MR) is 65.1 cm³/mol. The summed E-state index contributed by atoms with van der Waals surface area (Å²) in [6.45, 7) is 6.56. The summed E-state index contributed by atoms with van der Waals surface area (Å²) in [5.41, 5.74) is -0.364. The van der Waals surface area contributed by atoms with Gasteiger partial charge in [0.25, 0.3) is 5.91 Å². The molecule has 2 N–H and O–H groups in total. The smallest absolute Gasteiger partial charge is 0.311 e. The average Bonchev–Trinajstić information content (AvgIpc) is 2.68. The van der Waals surface area contributed by atoms with Gasteiger partial charge in [0.15, 0.2) is 0 Å². The largest absolute Gasteiger partial charge is 0.481 e. The molecule has 0 fully saturated rings. The first kappa shape index (κ1) is 13.6. The number of thiazole rings is 1. The van der Waals surface area contributed by atoms with Crippen molar-refractivity contribution >= 4 is 23.2 Å². The van der Waals surface area contributed by atoms with Crippen molar-refractivity contribution in [3.63, 3.8) is 0 Å². The number of amides is 1. The Kier molecular flexibility index (Phi) is 3.56. The van der Waals surface area contributed by atoms with Gasteiger partial charge in [-0.15, -0.1) is 11.3 Å². The molecular formula is C11H16N2O3S. The molecule has 0 radical (unpaired) electrons. The number of nitrogens with zero attached hydrogens (tertiary/aromatic N) is 1. The van der Waals surface area contributed by atoms with Crippen LogP contribution < -0.4 is 5.32 Å². The van der Waals surface area contributed by atoms with E-state index in [0.717, 1.165) is 0 Å². The summed E-state index contributed by atoms with van der Waals surface area (Å²) in [5, 5.41) is 11.9. The highest BCUT2D eigenvalue weighted by Crippen LogP contribution is 2.31. The molecule has 0 aliphatic rings. The first-order valence-corrected chi connectivity index (χ1v) is 6.01. The minimum absolute atomic E-state index is 0.299. The molecule has 0 bridgehead atoms. The van der Waals surface area contributed by atoms with E-state index in [9.17, 15) is 9.59 Å². The monoisotopic (exact) mass is 256 g/mol. The lowest BCUT2D eigenvalue weighted by Crippen LogP contribution is -2.56. The van der Waals surface area contributed by atoms with Crippen molar-refractivity contribution in [3.05, 3.63) is 16.6 Å². The van der Waals surface area contributed by atoms with Gasteiger partial charge in [-0.05, 0) is 27.7 Å². The van der Waals surface area contributed by atoms with Gasteiger partial charge >= 0.3 is 5.97 Å². The van der Waals surface area contributed by atoms with E-state index in [2.05, 4.69) is 10.3 Å². The van der Waals surface area contributed by atoms with Gasteiger partial charge in [0.05, 0.1) is 22.7 Å². The molecule has 94 valence electrons. The molecule has 0 aromatic carbocycles. The summed E-state index contributed by atoms with van der Waals surface area (Å²) in [7, 11) is 0. The second kappa shape index (κ2) is 4.44. The molecule has 0 unspecified atom stereocenters. The van der Waals surface area contributed by atoms with Crippen molar-refractivity contribution in [2.45, 2.75) is 33.2 Å². The van der Waals surface area contributed by atoms with Crippen LogP contribution in [0.2, 0.25) is 0 Å². The van der Waals surface area contributed by atoms with E-state index in [1.54, 1.807) is 33.2 Å². The van der Waals surface area contributed by atoms with Crippen LogP contribution in [0.5, 0.6) is 0 Å². The fourth-order valence-electron chi connectivity index (χ4n) is 1.10. The molecule has 1 heterocycles. The number of hydrogen-bond donors (Lipinski definition) is 2.